The van der Waals surface area contributed by atoms with Crippen molar-refractivity contribution in [3.8, 4) is 0 Å². The molecule has 23 heavy (non-hydrogen) atoms. The fourth-order valence-corrected chi connectivity index (χ4v) is 4.55. The molecule has 2 amide bonds. The number of hydrogen-bond donors (Lipinski definition) is 1. The van der Waals surface area contributed by atoms with Gasteiger partial charge in [-0.25, -0.2) is 4.79 Å². The van der Waals surface area contributed by atoms with Gasteiger partial charge in [-0.1, -0.05) is 19.1 Å². The number of carbonyl (C=O) groups is 1. The molecule has 2 fully saturated rings. The number of allylic oxidation sites excluding steroid dienone is 3. The van der Waals surface area contributed by atoms with Crippen LogP contribution in [0.1, 0.15) is 39.0 Å². The van der Waals surface area contributed by atoms with Crippen molar-refractivity contribution in [2.24, 2.45) is 0 Å². The molecule has 0 aliphatic carbocycles. The third-order valence-corrected chi connectivity index (χ3v) is 5.78. The van der Waals surface area contributed by atoms with Crippen LogP contribution in [0.5, 0.6) is 0 Å². The summed E-state index contributed by atoms with van der Waals surface area (Å²) in [6.45, 7) is 6.16. The van der Waals surface area contributed by atoms with E-state index in [4.69, 9.17) is 0 Å². The topological polar surface area (TPSA) is 38.8 Å². The summed E-state index contributed by atoms with van der Waals surface area (Å²) >= 11 is 0. The molecule has 4 rings (SSSR count). The van der Waals surface area contributed by atoms with Crippen LogP contribution in [0, 0.1) is 0 Å². The Bertz CT molecular complexity index is 582. The minimum Gasteiger partial charge on any atom is -0.335 e. The van der Waals surface area contributed by atoms with E-state index in [1.165, 1.54) is 44.5 Å². The zero-order valence-corrected chi connectivity index (χ0v) is 13.9. The van der Waals surface area contributed by atoms with Crippen LogP contribution < -0.4 is 5.32 Å². The maximum Gasteiger partial charge on any atom is 0.327 e. The Labute approximate surface area is 138 Å². The predicted octanol–water partition coefficient (Wildman–Crippen LogP) is 2.60. The lowest BCUT2D eigenvalue weighted by Crippen LogP contribution is -2.50. The molecule has 124 valence electrons. The van der Waals surface area contributed by atoms with Crippen molar-refractivity contribution in [1.29, 1.82) is 0 Å². The molecule has 4 heterocycles. The average Bonchev–Trinajstić information content (AvgIpc) is 3.24. The fraction of sp³-hybridized carbons (Fsp3) is 0.611. The second-order valence-electron chi connectivity index (χ2n) is 6.98. The minimum absolute atomic E-state index is 0.00752. The molecule has 0 aromatic rings. The number of hydrogen-bond acceptors (Lipinski definition) is 3. The van der Waals surface area contributed by atoms with E-state index < -0.39 is 0 Å². The summed E-state index contributed by atoms with van der Waals surface area (Å²) in [5.74, 6) is 0.981. The van der Waals surface area contributed by atoms with Crippen molar-refractivity contribution in [3.63, 3.8) is 0 Å². The molecule has 0 bridgehead atoms. The Balaban J connectivity index is 1.46. The Morgan fingerprint density at radius 3 is 2.83 bits per heavy atom. The fourth-order valence-electron chi connectivity index (χ4n) is 4.55. The van der Waals surface area contributed by atoms with Gasteiger partial charge in [-0.15, -0.1) is 0 Å². The molecule has 1 N–H and O–H groups in total. The van der Waals surface area contributed by atoms with Crippen LogP contribution in [0.3, 0.4) is 0 Å². The first-order chi connectivity index (χ1) is 11.2. The van der Waals surface area contributed by atoms with E-state index in [9.17, 15) is 4.79 Å². The summed E-state index contributed by atoms with van der Waals surface area (Å²) in [4.78, 5) is 19.3. The quantitative estimate of drug-likeness (QED) is 0.870. The molecule has 4 aliphatic heterocycles. The molecule has 5 nitrogen and oxygen atoms in total. The third kappa shape index (κ3) is 2.38. The number of fused-ring (bicyclic) bond motifs is 2. The highest BCUT2D eigenvalue weighted by Gasteiger charge is 2.44. The van der Waals surface area contributed by atoms with Crippen LogP contribution in [0.2, 0.25) is 0 Å². The summed E-state index contributed by atoms with van der Waals surface area (Å²) in [6, 6.07) is 0.00752. The Hall–Kier alpha value is -1.75. The Kier molecular flexibility index (Phi) is 3.68. The maximum atomic E-state index is 12.8. The van der Waals surface area contributed by atoms with Crippen molar-refractivity contribution < 1.29 is 4.79 Å². The van der Waals surface area contributed by atoms with Crippen LogP contribution in [-0.2, 0) is 0 Å². The normalized spacial score (nSPS) is 25.3. The molecule has 4 aliphatic rings. The van der Waals surface area contributed by atoms with Crippen LogP contribution in [-0.4, -0.2) is 52.4 Å². The first kappa shape index (κ1) is 14.8. The highest BCUT2D eigenvalue weighted by molar-refractivity contribution is 5.78. The van der Waals surface area contributed by atoms with Gasteiger partial charge in [0.15, 0.2) is 0 Å². The van der Waals surface area contributed by atoms with Gasteiger partial charge in [-0.05, 0) is 51.3 Å². The molecular weight excluding hydrogens is 288 g/mol. The summed E-state index contributed by atoms with van der Waals surface area (Å²) in [5.41, 5.74) is 1.44. The second-order valence-corrected chi connectivity index (χ2v) is 6.98. The predicted molar refractivity (Wildman–Crippen MR) is 90.3 cm³/mol. The standard InChI is InChI=1S/C18H26N4O/c1-2-15-13-22(16-7-3-4-12-21(15)16)17(23)19-14-18-8-5-10-20(18)11-6-9-18/h3-4,7,13H,2,5-6,8-12,14H2,1H3,(H,19,23). The molecule has 0 atom stereocenters. The van der Waals surface area contributed by atoms with E-state index in [2.05, 4.69) is 28.1 Å². The lowest BCUT2D eigenvalue weighted by molar-refractivity contribution is 0.179. The van der Waals surface area contributed by atoms with Crippen LogP contribution in [0.4, 0.5) is 4.79 Å². The summed E-state index contributed by atoms with van der Waals surface area (Å²) in [5, 5.41) is 3.22. The summed E-state index contributed by atoms with van der Waals surface area (Å²) < 4.78 is 0. The lowest BCUT2D eigenvalue weighted by atomic mass is 9.94. The van der Waals surface area contributed by atoms with Crippen molar-refractivity contribution in [3.05, 3.63) is 35.9 Å². The van der Waals surface area contributed by atoms with Gasteiger partial charge < -0.3 is 10.2 Å². The third-order valence-electron chi connectivity index (χ3n) is 5.78. The van der Waals surface area contributed by atoms with E-state index in [1.807, 2.05) is 18.4 Å². The van der Waals surface area contributed by atoms with Crippen molar-refractivity contribution in [2.45, 2.75) is 44.6 Å². The van der Waals surface area contributed by atoms with Gasteiger partial charge in [-0.3, -0.25) is 9.80 Å². The van der Waals surface area contributed by atoms with Crippen LogP contribution in [0.15, 0.2) is 35.9 Å². The van der Waals surface area contributed by atoms with Gasteiger partial charge in [0.05, 0.1) is 0 Å². The van der Waals surface area contributed by atoms with Crippen LogP contribution in [0.25, 0.3) is 0 Å². The summed E-state index contributed by atoms with van der Waals surface area (Å²) in [6.07, 6.45) is 14.1. The van der Waals surface area contributed by atoms with Crippen LogP contribution >= 0.6 is 0 Å². The monoisotopic (exact) mass is 314 g/mol. The van der Waals surface area contributed by atoms with E-state index in [1.54, 1.807) is 4.90 Å². The van der Waals surface area contributed by atoms with Gasteiger partial charge >= 0.3 is 6.03 Å². The van der Waals surface area contributed by atoms with E-state index in [0.29, 0.717) is 0 Å². The first-order valence-electron chi connectivity index (χ1n) is 8.91. The molecule has 0 unspecified atom stereocenters. The van der Waals surface area contributed by atoms with E-state index >= 15 is 0 Å². The zero-order chi connectivity index (χ0) is 15.9. The lowest BCUT2D eigenvalue weighted by Gasteiger charge is -2.33. The number of nitrogens with zero attached hydrogens (tertiary/aromatic N) is 3. The molecule has 0 radical (unpaired) electrons. The number of amides is 2. The second kappa shape index (κ2) is 5.71. The number of carbonyl (C=O) groups excluding carboxylic acids is 1. The summed E-state index contributed by atoms with van der Waals surface area (Å²) in [7, 11) is 0. The molecule has 0 aromatic heterocycles. The number of nitrogens with one attached hydrogen (secondary N) is 1. The number of urea groups is 1. The van der Waals surface area contributed by atoms with Gasteiger partial charge in [0.2, 0.25) is 0 Å². The first-order valence-corrected chi connectivity index (χ1v) is 8.91. The zero-order valence-electron chi connectivity index (χ0n) is 13.9. The molecule has 0 saturated carbocycles. The van der Waals surface area contributed by atoms with E-state index in [0.717, 1.165) is 25.3 Å². The molecule has 2 saturated heterocycles. The van der Waals surface area contributed by atoms with Crippen molar-refractivity contribution >= 4 is 6.03 Å². The van der Waals surface area contributed by atoms with Crippen molar-refractivity contribution in [1.82, 2.24) is 20.0 Å². The Morgan fingerprint density at radius 1 is 1.30 bits per heavy atom. The van der Waals surface area contributed by atoms with Crippen molar-refractivity contribution in [2.75, 3.05) is 26.2 Å². The largest absolute Gasteiger partial charge is 0.335 e. The minimum atomic E-state index is 0.00752. The average molecular weight is 314 g/mol. The smallest absolute Gasteiger partial charge is 0.327 e. The molecular formula is C18H26N4O. The molecule has 0 aromatic carbocycles. The molecule has 0 spiro atoms. The van der Waals surface area contributed by atoms with Gasteiger partial charge in [-0.2, -0.15) is 0 Å². The maximum absolute atomic E-state index is 12.8. The van der Waals surface area contributed by atoms with Gasteiger partial charge in [0.25, 0.3) is 0 Å². The van der Waals surface area contributed by atoms with Gasteiger partial charge in [0.1, 0.15) is 5.82 Å². The molecule has 5 heteroatoms. The number of rotatable bonds is 3. The highest BCUT2D eigenvalue weighted by atomic mass is 16.2. The SMILES string of the molecule is CCC1=CN(C(=O)NCC23CCCN2CCC3)C2=CC=CCN12. The highest BCUT2D eigenvalue weighted by Crippen LogP contribution is 2.38. The van der Waals surface area contributed by atoms with E-state index in [-0.39, 0.29) is 11.6 Å². The van der Waals surface area contributed by atoms with Gasteiger partial charge in [0, 0.05) is 30.5 Å². The Morgan fingerprint density at radius 2 is 2.09 bits per heavy atom.